The monoisotopic (exact) mass is 502 g/mol. The summed E-state index contributed by atoms with van der Waals surface area (Å²) in [5, 5.41) is 1.30. The van der Waals surface area contributed by atoms with Crippen LogP contribution in [-0.4, -0.2) is 19.5 Å². The number of ether oxygens (including phenoxy) is 2. The number of aryl methyl sites for hydroxylation is 3. The second-order valence-corrected chi connectivity index (χ2v) is 9.82. The van der Waals surface area contributed by atoms with E-state index in [9.17, 15) is 13.2 Å². The average molecular weight is 503 g/mol. The van der Waals surface area contributed by atoms with E-state index >= 15 is 4.39 Å². The lowest BCUT2D eigenvalue weighted by molar-refractivity contribution is -0.203. The lowest BCUT2D eigenvalue weighted by Gasteiger charge is -2.29. The molecule has 0 aliphatic carbocycles. The summed E-state index contributed by atoms with van der Waals surface area (Å²) in [6.45, 7) is 3.71. The number of fused-ring (bicyclic) bond motifs is 1. The number of rotatable bonds is 11. The first-order chi connectivity index (χ1) is 17.4. The van der Waals surface area contributed by atoms with Crippen LogP contribution >= 0.6 is 0 Å². The third kappa shape index (κ3) is 6.86. The van der Waals surface area contributed by atoms with Gasteiger partial charge in [-0.3, -0.25) is 0 Å². The molecule has 2 nitrogen and oxygen atoms in total. The van der Waals surface area contributed by atoms with Gasteiger partial charge in [-0.15, -0.1) is 0 Å². The molecule has 1 fully saturated rings. The Kier molecular flexibility index (Phi) is 9.38. The van der Waals surface area contributed by atoms with Crippen molar-refractivity contribution in [2.45, 2.75) is 71.0 Å². The average Bonchev–Trinajstić information content (AvgIpc) is 2.88. The van der Waals surface area contributed by atoms with E-state index in [0.29, 0.717) is 16.9 Å². The number of hydrogen-bond acceptors (Lipinski definition) is 2. The van der Waals surface area contributed by atoms with Crippen molar-refractivity contribution < 1.29 is 27.0 Å². The summed E-state index contributed by atoms with van der Waals surface area (Å²) in [5.41, 5.74) is 1.82. The van der Waals surface area contributed by atoms with Crippen molar-refractivity contribution in [1.82, 2.24) is 0 Å². The Labute approximate surface area is 210 Å². The molecule has 1 saturated heterocycles. The van der Waals surface area contributed by atoms with E-state index in [2.05, 4.69) is 6.92 Å². The molecule has 0 saturated carbocycles. The second-order valence-electron chi connectivity index (χ2n) is 9.82. The van der Waals surface area contributed by atoms with Crippen LogP contribution < -0.4 is 0 Å². The highest BCUT2D eigenvalue weighted by Crippen LogP contribution is 2.26. The molecule has 0 bridgehead atoms. The molecule has 36 heavy (non-hydrogen) atoms. The summed E-state index contributed by atoms with van der Waals surface area (Å²) in [5.74, 6) is -3.82. The Morgan fingerprint density at radius 2 is 1.47 bits per heavy atom. The van der Waals surface area contributed by atoms with Crippen LogP contribution in [0.1, 0.15) is 62.1 Å². The minimum Gasteiger partial charge on any atom is -0.352 e. The summed E-state index contributed by atoms with van der Waals surface area (Å²) in [7, 11) is 0. The first-order valence-corrected chi connectivity index (χ1v) is 13.0. The number of halogens is 4. The molecule has 0 radical (unpaired) electrons. The lowest BCUT2D eigenvalue weighted by atomic mass is 9.98. The Balaban J connectivity index is 1.30. The molecule has 0 aromatic heterocycles. The molecule has 0 N–H and O–H groups in total. The highest BCUT2D eigenvalue weighted by molar-refractivity contribution is 5.84. The van der Waals surface area contributed by atoms with Gasteiger partial charge in [0.1, 0.15) is 5.82 Å². The summed E-state index contributed by atoms with van der Waals surface area (Å²) in [6, 6.07) is 11.1. The van der Waals surface area contributed by atoms with E-state index in [1.165, 1.54) is 25.7 Å². The Morgan fingerprint density at radius 1 is 0.722 bits per heavy atom. The molecule has 0 spiro atoms. The predicted octanol–water partition coefficient (Wildman–Crippen LogP) is 8.07. The summed E-state index contributed by atoms with van der Waals surface area (Å²) < 4.78 is 67.0. The van der Waals surface area contributed by atoms with Gasteiger partial charge < -0.3 is 9.47 Å². The van der Waals surface area contributed by atoms with Crippen molar-refractivity contribution in [3.05, 3.63) is 82.4 Å². The molecule has 4 rings (SSSR count). The first-order valence-electron chi connectivity index (χ1n) is 13.0. The minimum atomic E-state index is -1.49. The van der Waals surface area contributed by atoms with Gasteiger partial charge in [-0.1, -0.05) is 62.9 Å². The van der Waals surface area contributed by atoms with E-state index in [4.69, 9.17) is 9.47 Å². The van der Waals surface area contributed by atoms with Gasteiger partial charge in [0.2, 0.25) is 0 Å². The molecular formula is C30H34F4O2. The van der Waals surface area contributed by atoms with Crippen molar-refractivity contribution in [3.63, 3.8) is 0 Å². The van der Waals surface area contributed by atoms with Crippen molar-refractivity contribution in [2.24, 2.45) is 5.92 Å². The fraction of sp³-hybridized carbons (Fsp3) is 0.467. The highest BCUT2D eigenvalue weighted by atomic mass is 19.2. The van der Waals surface area contributed by atoms with Gasteiger partial charge in [0.05, 0.1) is 13.2 Å². The SMILES string of the molecule is CCCCCCC1COC(CCc2ccc3c(F)c(CCc4cc(F)c(F)c(F)c4)ccc3c2)OC1. The zero-order chi connectivity index (χ0) is 25.5. The van der Waals surface area contributed by atoms with Crippen LogP contribution in [0.4, 0.5) is 17.6 Å². The molecule has 1 aliphatic heterocycles. The third-order valence-electron chi connectivity index (χ3n) is 7.00. The van der Waals surface area contributed by atoms with Gasteiger partial charge in [0, 0.05) is 17.7 Å². The summed E-state index contributed by atoms with van der Waals surface area (Å²) in [6.07, 6.45) is 7.96. The zero-order valence-corrected chi connectivity index (χ0v) is 20.8. The number of benzene rings is 3. The van der Waals surface area contributed by atoms with E-state index < -0.39 is 17.5 Å². The smallest absolute Gasteiger partial charge is 0.194 e. The molecule has 1 aliphatic rings. The van der Waals surface area contributed by atoms with Crippen LogP contribution in [0.5, 0.6) is 0 Å². The zero-order valence-electron chi connectivity index (χ0n) is 20.8. The fourth-order valence-electron chi connectivity index (χ4n) is 4.83. The van der Waals surface area contributed by atoms with Crippen molar-refractivity contribution in [1.29, 1.82) is 0 Å². The molecular weight excluding hydrogens is 468 g/mol. The molecule has 3 aromatic rings. The van der Waals surface area contributed by atoms with Gasteiger partial charge in [0.15, 0.2) is 23.7 Å². The molecule has 194 valence electrons. The van der Waals surface area contributed by atoms with Crippen LogP contribution in [-0.2, 0) is 28.7 Å². The van der Waals surface area contributed by atoms with Gasteiger partial charge in [-0.2, -0.15) is 0 Å². The van der Waals surface area contributed by atoms with Gasteiger partial charge in [-0.05, 0) is 59.9 Å². The maximum Gasteiger partial charge on any atom is 0.194 e. The molecule has 1 heterocycles. The van der Waals surface area contributed by atoms with Gasteiger partial charge in [-0.25, -0.2) is 17.6 Å². The standard InChI is InChI=1S/C30H34F4O2/c1-2-3-4-5-6-22-18-35-28(36-19-22)14-9-20-8-13-25-24(15-20)12-11-23(29(25)33)10-7-21-16-26(31)30(34)27(32)17-21/h8,11-13,15-17,22,28H,2-7,9-10,14,18-19H2,1H3. The topological polar surface area (TPSA) is 18.5 Å². The predicted molar refractivity (Wildman–Crippen MR) is 134 cm³/mol. The maximum atomic E-state index is 15.1. The van der Waals surface area contributed by atoms with Crippen molar-refractivity contribution in [2.75, 3.05) is 13.2 Å². The molecule has 0 atom stereocenters. The van der Waals surface area contributed by atoms with Crippen molar-refractivity contribution >= 4 is 10.8 Å². The lowest BCUT2D eigenvalue weighted by Crippen LogP contribution is -2.32. The van der Waals surface area contributed by atoms with Crippen LogP contribution in [0, 0.1) is 29.2 Å². The molecule has 6 heteroatoms. The fourth-order valence-corrected chi connectivity index (χ4v) is 4.83. The number of unbranched alkanes of at least 4 members (excludes halogenated alkanes) is 3. The highest BCUT2D eigenvalue weighted by Gasteiger charge is 2.22. The third-order valence-corrected chi connectivity index (χ3v) is 7.00. The summed E-state index contributed by atoms with van der Waals surface area (Å²) in [4.78, 5) is 0. The first kappa shape index (κ1) is 26.6. The van der Waals surface area contributed by atoms with Crippen LogP contribution in [0.2, 0.25) is 0 Å². The van der Waals surface area contributed by atoms with Crippen LogP contribution in [0.15, 0.2) is 42.5 Å². The van der Waals surface area contributed by atoms with Crippen LogP contribution in [0.3, 0.4) is 0 Å². The van der Waals surface area contributed by atoms with Crippen LogP contribution in [0.25, 0.3) is 10.8 Å². The number of hydrogen-bond donors (Lipinski definition) is 0. The Bertz CT molecular complexity index is 1130. The Morgan fingerprint density at radius 3 is 2.19 bits per heavy atom. The molecule has 3 aromatic carbocycles. The van der Waals surface area contributed by atoms with E-state index in [1.54, 1.807) is 12.1 Å². The van der Waals surface area contributed by atoms with E-state index in [-0.39, 0.29) is 30.5 Å². The van der Waals surface area contributed by atoms with E-state index in [0.717, 1.165) is 55.6 Å². The molecule has 0 amide bonds. The summed E-state index contributed by atoms with van der Waals surface area (Å²) >= 11 is 0. The normalized spacial score (nSPS) is 18.1. The van der Waals surface area contributed by atoms with Gasteiger partial charge >= 0.3 is 0 Å². The largest absolute Gasteiger partial charge is 0.352 e. The van der Waals surface area contributed by atoms with Crippen molar-refractivity contribution in [3.8, 4) is 0 Å². The molecule has 0 unspecified atom stereocenters. The Hall–Kier alpha value is -2.44. The quantitative estimate of drug-likeness (QED) is 0.150. The minimum absolute atomic E-state index is 0.201. The maximum absolute atomic E-state index is 15.1. The second kappa shape index (κ2) is 12.7. The van der Waals surface area contributed by atoms with E-state index in [1.807, 2.05) is 18.2 Å². The van der Waals surface area contributed by atoms with Gasteiger partial charge in [0.25, 0.3) is 0 Å².